The molecule has 3 aromatic rings. The van der Waals surface area contributed by atoms with Crippen molar-refractivity contribution in [1.29, 1.82) is 0 Å². The predicted molar refractivity (Wildman–Crippen MR) is 141 cm³/mol. The molecule has 0 saturated carbocycles. The van der Waals surface area contributed by atoms with Gasteiger partial charge in [-0.05, 0) is 61.1 Å². The maximum absolute atomic E-state index is 13.3. The molecule has 0 radical (unpaired) electrons. The van der Waals surface area contributed by atoms with Gasteiger partial charge < -0.3 is 20.4 Å². The van der Waals surface area contributed by atoms with E-state index < -0.39 is 6.03 Å². The van der Waals surface area contributed by atoms with E-state index in [1.54, 1.807) is 34.9 Å². The molecule has 35 heavy (non-hydrogen) atoms. The first-order valence-electron chi connectivity index (χ1n) is 11.5. The number of amides is 4. The molecule has 1 aliphatic heterocycles. The lowest BCUT2D eigenvalue weighted by atomic mass is 10.0. The number of urea groups is 1. The van der Waals surface area contributed by atoms with E-state index in [0.29, 0.717) is 17.9 Å². The Balaban J connectivity index is 1.44. The minimum atomic E-state index is -0.485. The van der Waals surface area contributed by atoms with Gasteiger partial charge in [-0.2, -0.15) is 0 Å². The highest BCUT2D eigenvalue weighted by Crippen LogP contribution is 2.27. The highest BCUT2D eigenvalue weighted by molar-refractivity contribution is 7.98. The summed E-state index contributed by atoms with van der Waals surface area (Å²) in [5.41, 5.74) is 3.27. The van der Waals surface area contributed by atoms with Gasteiger partial charge in [-0.3, -0.25) is 9.59 Å². The Morgan fingerprint density at radius 3 is 2.54 bits per heavy atom. The summed E-state index contributed by atoms with van der Waals surface area (Å²) in [5, 5.41) is 5.36. The lowest BCUT2D eigenvalue weighted by Crippen LogP contribution is -2.48. The number of fused-ring (bicyclic) bond motifs is 1. The number of carbonyl (C=O) groups is 3. The van der Waals surface area contributed by atoms with Gasteiger partial charge in [0.15, 0.2) is 0 Å². The van der Waals surface area contributed by atoms with Crippen LogP contribution in [0.2, 0.25) is 0 Å². The predicted octanol–water partition coefficient (Wildman–Crippen LogP) is 4.54. The summed E-state index contributed by atoms with van der Waals surface area (Å²) in [4.78, 5) is 43.1. The van der Waals surface area contributed by atoms with Crippen molar-refractivity contribution in [3.8, 4) is 0 Å². The summed E-state index contributed by atoms with van der Waals surface area (Å²) in [7, 11) is 0. The van der Waals surface area contributed by atoms with Gasteiger partial charge in [-0.1, -0.05) is 42.5 Å². The zero-order valence-corrected chi connectivity index (χ0v) is 20.4. The second kappa shape index (κ2) is 11.6. The Hall–Kier alpha value is -3.78. The maximum Gasteiger partial charge on any atom is 0.319 e. The fourth-order valence-corrected chi connectivity index (χ4v) is 4.53. The molecule has 2 N–H and O–H groups in total. The van der Waals surface area contributed by atoms with Crippen LogP contribution in [0.4, 0.5) is 21.9 Å². The number of thioether (sulfide) groups is 1. The van der Waals surface area contributed by atoms with Crippen molar-refractivity contribution in [2.24, 2.45) is 0 Å². The Kier molecular flexibility index (Phi) is 8.05. The Bertz CT molecular complexity index is 1200. The number of anilines is 3. The van der Waals surface area contributed by atoms with E-state index in [2.05, 4.69) is 10.6 Å². The first-order valence-corrected chi connectivity index (χ1v) is 12.7. The summed E-state index contributed by atoms with van der Waals surface area (Å²) < 4.78 is 0. The first kappa shape index (κ1) is 24.3. The lowest BCUT2D eigenvalue weighted by Gasteiger charge is -2.32. The minimum Gasteiger partial charge on any atom is -0.329 e. The van der Waals surface area contributed by atoms with Gasteiger partial charge in [0.2, 0.25) is 11.8 Å². The van der Waals surface area contributed by atoms with E-state index in [0.717, 1.165) is 29.0 Å². The third-order valence-electron chi connectivity index (χ3n) is 5.80. The average molecular weight is 489 g/mol. The summed E-state index contributed by atoms with van der Waals surface area (Å²) in [6.07, 6.45) is 3.77. The molecule has 180 valence electrons. The molecule has 0 atom stereocenters. The highest BCUT2D eigenvalue weighted by atomic mass is 32.2. The molecule has 0 aromatic heterocycles. The molecule has 1 heterocycles. The summed E-state index contributed by atoms with van der Waals surface area (Å²) >= 11 is 1.57. The molecular weight excluding hydrogens is 460 g/mol. The summed E-state index contributed by atoms with van der Waals surface area (Å²) in [5.74, 6) is -0.532. The van der Waals surface area contributed by atoms with Crippen LogP contribution in [0.25, 0.3) is 0 Å². The zero-order valence-electron chi connectivity index (χ0n) is 19.6. The van der Waals surface area contributed by atoms with Crippen LogP contribution in [0.5, 0.6) is 0 Å². The van der Waals surface area contributed by atoms with Crippen molar-refractivity contribution in [3.63, 3.8) is 0 Å². The van der Waals surface area contributed by atoms with Crippen molar-refractivity contribution < 1.29 is 14.4 Å². The summed E-state index contributed by atoms with van der Waals surface area (Å²) in [6.45, 7) is 0.255. The van der Waals surface area contributed by atoms with Gasteiger partial charge in [0, 0.05) is 28.5 Å². The molecule has 0 aliphatic carbocycles. The fraction of sp³-hybridized carbons (Fsp3) is 0.222. The van der Waals surface area contributed by atoms with Gasteiger partial charge >= 0.3 is 6.03 Å². The topological polar surface area (TPSA) is 81.8 Å². The third-order valence-corrected chi connectivity index (χ3v) is 6.53. The Morgan fingerprint density at radius 1 is 0.971 bits per heavy atom. The Morgan fingerprint density at radius 2 is 1.74 bits per heavy atom. The van der Waals surface area contributed by atoms with Gasteiger partial charge in [0.25, 0.3) is 0 Å². The number of nitrogens with one attached hydrogen (secondary N) is 2. The van der Waals surface area contributed by atoms with E-state index in [-0.39, 0.29) is 24.9 Å². The molecule has 0 fully saturated rings. The SMILES string of the molecule is CSc1cccc(NC(=O)NCC(=O)N(CC(=O)N2CCCc3ccccc32)c2ccccc2)c1. The first-order chi connectivity index (χ1) is 17.0. The van der Waals surface area contributed by atoms with E-state index >= 15 is 0 Å². The van der Waals surface area contributed by atoms with Crippen LogP contribution >= 0.6 is 11.8 Å². The molecule has 7 nitrogen and oxygen atoms in total. The number of aryl methyl sites for hydroxylation is 1. The molecule has 3 aromatic carbocycles. The average Bonchev–Trinajstić information content (AvgIpc) is 2.90. The maximum atomic E-state index is 13.3. The fourth-order valence-electron chi connectivity index (χ4n) is 4.07. The summed E-state index contributed by atoms with van der Waals surface area (Å²) in [6, 6.07) is 23.9. The van der Waals surface area contributed by atoms with Crippen LogP contribution < -0.4 is 20.4 Å². The van der Waals surface area contributed by atoms with Crippen LogP contribution in [-0.2, 0) is 16.0 Å². The number of carbonyl (C=O) groups excluding carboxylic acids is 3. The standard InChI is InChI=1S/C27H28N4O3S/c1-35-23-14-7-11-21(17-23)29-27(34)28-18-25(32)31(22-12-3-2-4-13-22)19-26(33)30-16-8-10-20-9-5-6-15-24(20)30/h2-7,9,11-15,17H,8,10,16,18-19H2,1H3,(H2,28,29,34). The second-order valence-electron chi connectivity index (χ2n) is 8.13. The molecular formula is C27H28N4O3S. The molecule has 8 heteroatoms. The van der Waals surface area contributed by atoms with Crippen LogP contribution in [-0.4, -0.2) is 43.7 Å². The molecule has 0 spiro atoms. The van der Waals surface area contributed by atoms with Crippen molar-refractivity contribution in [2.75, 3.05) is 41.0 Å². The van der Waals surface area contributed by atoms with Crippen LogP contribution in [0.15, 0.2) is 83.8 Å². The smallest absolute Gasteiger partial charge is 0.319 e. The molecule has 4 amide bonds. The molecule has 0 saturated heterocycles. The number of hydrogen-bond donors (Lipinski definition) is 2. The number of benzene rings is 3. The number of nitrogens with zero attached hydrogens (tertiary/aromatic N) is 2. The van der Waals surface area contributed by atoms with E-state index in [1.165, 1.54) is 4.90 Å². The highest BCUT2D eigenvalue weighted by Gasteiger charge is 2.26. The van der Waals surface area contributed by atoms with Crippen LogP contribution in [0, 0.1) is 0 Å². The van der Waals surface area contributed by atoms with Gasteiger partial charge in [-0.25, -0.2) is 4.79 Å². The van der Waals surface area contributed by atoms with Crippen molar-refractivity contribution in [1.82, 2.24) is 5.32 Å². The largest absolute Gasteiger partial charge is 0.329 e. The molecule has 0 bridgehead atoms. The van der Waals surface area contributed by atoms with Crippen molar-refractivity contribution >= 4 is 46.7 Å². The number of hydrogen-bond acceptors (Lipinski definition) is 4. The van der Waals surface area contributed by atoms with Crippen molar-refractivity contribution in [3.05, 3.63) is 84.4 Å². The van der Waals surface area contributed by atoms with Gasteiger partial charge in [0.05, 0.1) is 6.54 Å². The molecule has 0 unspecified atom stereocenters. The quantitative estimate of drug-likeness (QED) is 0.479. The van der Waals surface area contributed by atoms with Gasteiger partial charge in [-0.15, -0.1) is 11.8 Å². The van der Waals surface area contributed by atoms with E-state index in [1.807, 2.05) is 66.9 Å². The lowest BCUT2D eigenvalue weighted by molar-refractivity contribution is -0.122. The monoisotopic (exact) mass is 488 g/mol. The zero-order chi connectivity index (χ0) is 24.6. The van der Waals surface area contributed by atoms with E-state index in [9.17, 15) is 14.4 Å². The number of para-hydroxylation sites is 2. The molecule has 4 rings (SSSR count). The van der Waals surface area contributed by atoms with Crippen LogP contribution in [0.3, 0.4) is 0 Å². The van der Waals surface area contributed by atoms with Crippen molar-refractivity contribution in [2.45, 2.75) is 17.7 Å². The minimum absolute atomic E-state index is 0.115. The van der Waals surface area contributed by atoms with Gasteiger partial charge in [0.1, 0.15) is 6.54 Å². The van der Waals surface area contributed by atoms with E-state index in [4.69, 9.17) is 0 Å². The normalized spacial score (nSPS) is 12.4. The Labute approximate surface area is 209 Å². The number of rotatable bonds is 7. The third kappa shape index (κ3) is 6.22. The second-order valence-corrected chi connectivity index (χ2v) is 9.01. The molecule has 1 aliphatic rings. The van der Waals surface area contributed by atoms with Crippen LogP contribution in [0.1, 0.15) is 12.0 Å².